The number of nitrogens with zero attached hydrogens (tertiary/aromatic N) is 4. The topological polar surface area (TPSA) is 69.9 Å². The summed E-state index contributed by atoms with van der Waals surface area (Å²) in [5.41, 5.74) is 3.62. The molecule has 0 aliphatic carbocycles. The monoisotopic (exact) mass is 722 g/mol. The van der Waals surface area contributed by atoms with Gasteiger partial charge in [-0.15, -0.1) is 0 Å². The van der Waals surface area contributed by atoms with Gasteiger partial charge in [-0.1, -0.05) is 115 Å². The first-order valence-corrected chi connectivity index (χ1v) is 17.7. The number of rotatable bonds is 4. The van der Waals surface area contributed by atoms with E-state index in [0.29, 0.717) is 44.3 Å². The number of hydrogen-bond acceptors (Lipinski definition) is 5. The molecule has 55 heavy (non-hydrogen) atoms. The van der Waals surface area contributed by atoms with Crippen LogP contribution >= 0.6 is 0 Å². The van der Waals surface area contributed by atoms with Gasteiger partial charge in [-0.05, 0) is 30.3 Å². The Morgan fingerprint density at radius 3 is 1.69 bits per heavy atom. The van der Waals surface area contributed by atoms with Crippen LogP contribution in [0.5, 0.6) is 0 Å². The van der Waals surface area contributed by atoms with Crippen molar-refractivity contribution in [3.63, 3.8) is 0 Å². The Morgan fingerprint density at radius 2 is 1.02 bits per heavy atom. The zero-order valence-corrected chi connectivity index (χ0v) is 28.7. The first-order chi connectivity index (χ1) is 26.9. The Bertz CT molecular complexity index is 3250. The molecule has 0 saturated carbocycles. The molecule has 0 amide bonds. The fourth-order valence-electron chi connectivity index (χ4n) is 7.87. The van der Waals surface area contributed by atoms with E-state index < -0.39 is 11.7 Å². The molecule has 0 spiro atoms. The van der Waals surface area contributed by atoms with E-state index in [1.54, 1.807) is 12.1 Å². The summed E-state index contributed by atoms with van der Waals surface area (Å²) in [6.07, 6.45) is -4.84. The largest absolute Gasteiger partial charge is 0.456 e. The van der Waals surface area contributed by atoms with Gasteiger partial charge in [0.15, 0.2) is 17.5 Å². The molecule has 11 aromatic rings. The zero-order chi connectivity index (χ0) is 36.8. The van der Waals surface area contributed by atoms with E-state index in [-0.39, 0.29) is 28.6 Å². The fraction of sp³-hybridized carbons (Fsp3) is 0.0217. The molecule has 0 saturated heterocycles. The molecule has 0 aliphatic rings. The van der Waals surface area contributed by atoms with Crippen LogP contribution < -0.4 is 0 Å². The summed E-state index contributed by atoms with van der Waals surface area (Å²) in [5.74, 6) is 0.327. The van der Waals surface area contributed by atoms with Crippen molar-refractivity contribution in [2.24, 2.45) is 0 Å². The minimum absolute atomic E-state index is 0.0194. The fourth-order valence-corrected chi connectivity index (χ4v) is 7.87. The second-order valence-electron chi connectivity index (χ2n) is 13.5. The smallest absolute Gasteiger partial charge is 0.417 e. The number of aromatic nitrogens is 4. The number of hydrogen-bond donors (Lipinski definition) is 0. The molecule has 7 aromatic carbocycles. The zero-order valence-electron chi connectivity index (χ0n) is 28.7. The Morgan fingerprint density at radius 1 is 0.455 bits per heavy atom. The van der Waals surface area contributed by atoms with E-state index in [9.17, 15) is 0 Å². The lowest BCUT2D eigenvalue weighted by molar-refractivity contribution is -0.137. The van der Waals surface area contributed by atoms with Crippen molar-refractivity contribution >= 4 is 65.7 Å². The van der Waals surface area contributed by atoms with Crippen LogP contribution in [0.15, 0.2) is 160 Å². The normalized spacial score (nSPS) is 12.3. The van der Waals surface area contributed by atoms with Crippen molar-refractivity contribution in [1.82, 2.24) is 19.5 Å². The van der Waals surface area contributed by atoms with Gasteiger partial charge in [-0.2, -0.15) is 13.2 Å². The number of halogens is 3. The molecular formula is C46H25F3N4O2. The summed E-state index contributed by atoms with van der Waals surface area (Å²) in [6, 6.07) is 46.4. The highest BCUT2D eigenvalue weighted by Crippen LogP contribution is 2.48. The third kappa shape index (κ3) is 4.79. The average Bonchev–Trinajstić information content (AvgIpc) is 3.89. The minimum Gasteiger partial charge on any atom is -0.456 e. The molecule has 4 aromatic heterocycles. The molecule has 0 aliphatic heterocycles. The molecule has 262 valence electrons. The van der Waals surface area contributed by atoms with Crippen molar-refractivity contribution in [3.8, 4) is 39.9 Å². The molecule has 0 unspecified atom stereocenters. The molecule has 6 nitrogen and oxygen atoms in total. The van der Waals surface area contributed by atoms with Gasteiger partial charge in [-0.25, -0.2) is 15.0 Å². The van der Waals surface area contributed by atoms with Crippen molar-refractivity contribution in [2.45, 2.75) is 6.18 Å². The van der Waals surface area contributed by atoms with Crippen molar-refractivity contribution in [1.29, 1.82) is 0 Å². The van der Waals surface area contributed by atoms with Gasteiger partial charge in [0.1, 0.15) is 22.3 Å². The van der Waals surface area contributed by atoms with Crippen LogP contribution in [0.2, 0.25) is 0 Å². The highest BCUT2D eigenvalue weighted by molar-refractivity contribution is 6.20. The van der Waals surface area contributed by atoms with Gasteiger partial charge in [-0.3, -0.25) is 0 Å². The van der Waals surface area contributed by atoms with Gasteiger partial charge in [0.05, 0.1) is 33.2 Å². The highest BCUT2D eigenvalue weighted by Gasteiger charge is 2.39. The molecule has 0 atom stereocenters. The van der Waals surface area contributed by atoms with Crippen LogP contribution in [-0.2, 0) is 6.18 Å². The van der Waals surface area contributed by atoms with Gasteiger partial charge in [0, 0.05) is 44.1 Å². The summed E-state index contributed by atoms with van der Waals surface area (Å²) in [4.78, 5) is 14.2. The molecule has 11 rings (SSSR count). The van der Waals surface area contributed by atoms with Gasteiger partial charge in [0.2, 0.25) is 0 Å². The second kappa shape index (κ2) is 11.6. The summed E-state index contributed by atoms with van der Waals surface area (Å²) in [6.45, 7) is 0. The predicted molar refractivity (Wildman–Crippen MR) is 210 cm³/mol. The standard InChI is InChI=1S/C46H25F3N4O2/c47-46(48,49)33-24-36(53-34-20-10-7-17-28(34)31-23-32-29-18-8-11-21-37(29)54-39(32)25-35(31)53)40-30-19-9-12-22-38(30)55-42(40)41(33)45-51-43(26-13-3-1-4-14-26)50-44(52-45)27-15-5-2-6-16-27/h1-25H. The maximum Gasteiger partial charge on any atom is 0.417 e. The SMILES string of the molecule is FC(F)(F)c1cc(-n2c3ccccc3c3cc4c(cc32)oc2ccccc24)c2c(oc3ccccc32)c1-c1nc(-c2ccccc2)nc(-c2ccccc2)n1. The molecule has 0 N–H and O–H groups in total. The van der Waals surface area contributed by atoms with E-state index in [4.69, 9.17) is 23.8 Å². The Kier molecular flexibility index (Phi) is 6.61. The molecular weight excluding hydrogens is 698 g/mol. The lowest BCUT2D eigenvalue weighted by atomic mass is 9.99. The maximum atomic E-state index is 15.8. The third-order valence-corrected chi connectivity index (χ3v) is 10.3. The summed E-state index contributed by atoms with van der Waals surface area (Å²) in [7, 11) is 0. The van der Waals surface area contributed by atoms with Crippen molar-refractivity contribution < 1.29 is 22.0 Å². The quantitative estimate of drug-likeness (QED) is 0.181. The number of para-hydroxylation sites is 3. The number of furan rings is 2. The van der Waals surface area contributed by atoms with Gasteiger partial charge >= 0.3 is 6.18 Å². The Hall–Kier alpha value is -7.26. The molecule has 9 heteroatoms. The van der Waals surface area contributed by atoms with E-state index >= 15 is 13.2 Å². The lowest BCUT2D eigenvalue weighted by Crippen LogP contribution is -2.11. The van der Waals surface area contributed by atoms with Crippen molar-refractivity contribution in [2.75, 3.05) is 0 Å². The Labute approximate surface area is 309 Å². The Balaban J connectivity index is 1.29. The van der Waals surface area contributed by atoms with E-state index in [0.717, 1.165) is 32.6 Å². The van der Waals surface area contributed by atoms with Crippen LogP contribution in [0, 0.1) is 0 Å². The van der Waals surface area contributed by atoms with Crippen LogP contribution in [-0.4, -0.2) is 19.5 Å². The number of benzene rings is 7. The second-order valence-corrected chi connectivity index (χ2v) is 13.5. The van der Waals surface area contributed by atoms with E-state index in [1.165, 1.54) is 6.07 Å². The molecule has 0 bridgehead atoms. The van der Waals surface area contributed by atoms with E-state index in [2.05, 4.69) is 6.07 Å². The summed E-state index contributed by atoms with van der Waals surface area (Å²) in [5, 5.41) is 4.80. The first-order valence-electron chi connectivity index (χ1n) is 17.7. The summed E-state index contributed by atoms with van der Waals surface area (Å²) < 4.78 is 62.1. The van der Waals surface area contributed by atoms with Gasteiger partial charge in [0.25, 0.3) is 0 Å². The van der Waals surface area contributed by atoms with Crippen LogP contribution in [0.3, 0.4) is 0 Å². The molecule has 0 fully saturated rings. The molecule has 0 radical (unpaired) electrons. The third-order valence-electron chi connectivity index (χ3n) is 10.3. The summed E-state index contributed by atoms with van der Waals surface area (Å²) >= 11 is 0. The van der Waals surface area contributed by atoms with Gasteiger partial charge < -0.3 is 13.4 Å². The minimum atomic E-state index is -4.84. The molecule has 4 heterocycles. The van der Waals surface area contributed by atoms with E-state index in [1.807, 2.05) is 132 Å². The number of alkyl halides is 3. The van der Waals surface area contributed by atoms with Crippen LogP contribution in [0.4, 0.5) is 13.2 Å². The van der Waals surface area contributed by atoms with Crippen molar-refractivity contribution in [3.05, 3.63) is 157 Å². The lowest BCUT2D eigenvalue weighted by Gasteiger charge is -2.18. The van der Waals surface area contributed by atoms with Crippen LogP contribution in [0.1, 0.15) is 5.56 Å². The predicted octanol–water partition coefficient (Wildman–Crippen LogP) is 12.8. The van der Waals surface area contributed by atoms with Crippen LogP contribution in [0.25, 0.3) is 106 Å². The highest BCUT2D eigenvalue weighted by atomic mass is 19.4. The average molecular weight is 723 g/mol. The number of fused-ring (bicyclic) bond motifs is 9. The maximum absolute atomic E-state index is 15.8. The first kappa shape index (κ1) is 31.3.